The molecule has 0 atom stereocenters. The predicted octanol–water partition coefficient (Wildman–Crippen LogP) is 4.57. The van der Waals surface area contributed by atoms with Gasteiger partial charge in [0.25, 0.3) is 0 Å². The molecule has 0 fully saturated rings. The fourth-order valence-corrected chi connectivity index (χ4v) is 4.30. The van der Waals surface area contributed by atoms with Crippen LogP contribution in [0.5, 0.6) is 0 Å². The van der Waals surface area contributed by atoms with E-state index in [0.717, 1.165) is 29.8 Å². The van der Waals surface area contributed by atoms with Crippen molar-refractivity contribution < 1.29 is 0 Å². The fraction of sp³-hybridized carbons (Fsp3) is 0.240. The quantitative estimate of drug-likeness (QED) is 0.335. The number of hydrogen-bond acceptors (Lipinski definition) is 4. The number of nitrogens with zero attached hydrogens (tertiary/aromatic N) is 5. The Morgan fingerprint density at radius 3 is 2.66 bits per heavy atom. The molecule has 0 unspecified atom stereocenters. The minimum Gasteiger partial charge on any atom is -0.352 e. The van der Waals surface area contributed by atoms with E-state index in [1.54, 1.807) is 17.5 Å². The first-order valence-electron chi connectivity index (χ1n) is 10.6. The van der Waals surface area contributed by atoms with Crippen LogP contribution in [0.15, 0.2) is 77.6 Å². The van der Waals surface area contributed by atoms with Crippen molar-refractivity contribution in [2.45, 2.75) is 26.6 Å². The van der Waals surface area contributed by atoms with Crippen LogP contribution < -0.4 is 5.32 Å². The first-order valence-corrected chi connectivity index (χ1v) is 11.5. The zero-order valence-electron chi connectivity index (χ0n) is 18.7. The van der Waals surface area contributed by atoms with E-state index in [0.29, 0.717) is 6.54 Å². The summed E-state index contributed by atoms with van der Waals surface area (Å²) in [5.41, 5.74) is 5.98. The van der Waals surface area contributed by atoms with Gasteiger partial charge in [0.15, 0.2) is 5.96 Å². The number of imidazole rings is 1. The molecule has 4 aromatic rings. The van der Waals surface area contributed by atoms with Crippen LogP contribution in [0.3, 0.4) is 0 Å². The number of thiazole rings is 1. The van der Waals surface area contributed by atoms with E-state index in [4.69, 9.17) is 0 Å². The number of aliphatic imine (C=N–C) groups is 1. The Morgan fingerprint density at radius 2 is 1.97 bits per heavy atom. The van der Waals surface area contributed by atoms with Gasteiger partial charge in [0, 0.05) is 45.0 Å². The highest BCUT2D eigenvalue weighted by Gasteiger charge is 2.11. The highest BCUT2D eigenvalue weighted by molar-refractivity contribution is 7.09. The lowest BCUT2D eigenvalue weighted by atomic mass is 9.98. The van der Waals surface area contributed by atoms with Gasteiger partial charge in [-0.05, 0) is 29.2 Å². The smallest absolute Gasteiger partial charge is 0.194 e. The van der Waals surface area contributed by atoms with Crippen LogP contribution >= 0.6 is 11.3 Å². The first-order chi connectivity index (χ1) is 15.6. The van der Waals surface area contributed by atoms with Gasteiger partial charge in [0.2, 0.25) is 0 Å². The standard InChI is InChI=1S/C25H28N6S/c1-19-29-23(17-32-19)16-30(3)25(26-2)28-14-22-6-4-5-7-24(22)21-10-8-20(9-11-21)15-31-13-12-27-18-31/h4-13,17-18H,14-16H2,1-3H3,(H,26,28). The molecule has 0 saturated carbocycles. The molecule has 6 nitrogen and oxygen atoms in total. The molecule has 0 radical (unpaired) electrons. The summed E-state index contributed by atoms with van der Waals surface area (Å²) in [4.78, 5) is 15.2. The minimum atomic E-state index is 0.695. The molecule has 7 heteroatoms. The number of guanidine groups is 1. The largest absolute Gasteiger partial charge is 0.352 e. The number of rotatable bonds is 7. The van der Waals surface area contributed by atoms with E-state index in [9.17, 15) is 0 Å². The summed E-state index contributed by atoms with van der Waals surface area (Å²) >= 11 is 1.67. The third-order valence-corrected chi connectivity index (χ3v) is 6.11. The maximum Gasteiger partial charge on any atom is 0.194 e. The number of nitrogens with one attached hydrogen (secondary N) is 1. The highest BCUT2D eigenvalue weighted by atomic mass is 32.1. The predicted molar refractivity (Wildman–Crippen MR) is 132 cm³/mol. The summed E-state index contributed by atoms with van der Waals surface area (Å²) in [5, 5.41) is 6.69. The van der Waals surface area contributed by atoms with Gasteiger partial charge >= 0.3 is 0 Å². The monoisotopic (exact) mass is 444 g/mol. The van der Waals surface area contributed by atoms with E-state index < -0.39 is 0 Å². The van der Waals surface area contributed by atoms with Crippen molar-refractivity contribution in [3.05, 3.63) is 94.5 Å². The van der Waals surface area contributed by atoms with Crippen molar-refractivity contribution in [1.82, 2.24) is 24.8 Å². The number of hydrogen-bond donors (Lipinski definition) is 1. The lowest BCUT2D eigenvalue weighted by molar-refractivity contribution is 0.470. The molecule has 2 aromatic heterocycles. The van der Waals surface area contributed by atoms with Gasteiger partial charge < -0.3 is 14.8 Å². The molecule has 4 rings (SSSR count). The molecule has 32 heavy (non-hydrogen) atoms. The van der Waals surface area contributed by atoms with Crippen molar-refractivity contribution in [2.75, 3.05) is 14.1 Å². The summed E-state index contributed by atoms with van der Waals surface area (Å²) in [7, 11) is 3.85. The molecular formula is C25H28N6S. The summed E-state index contributed by atoms with van der Waals surface area (Å²) in [6, 6.07) is 17.3. The van der Waals surface area contributed by atoms with Gasteiger partial charge in [-0.2, -0.15) is 0 Å². The van der Waals surface area contributed by atoms with Crippen molar-refractivity contribution in [1.29, 1.82) is 0 Å². The number of benzene rings is 2. The second-order valence-corrected chi connectivity index (χ2v) is 8.77. The van der Waals surface area contributed by atoms with Crippen molar-refractivity contribution in [3.8, 4) is 11.1 Å². The Morgan fingerprint density at radius 1 is 1.16 bits per heavy atom. The van der Waals surface area contributed by atoms with Gasteiger partial charge in [-0.15, -0.1) is 11.3 Å². The Bertz CT molecular complexity index is 1160. The molecule has 2 heterocycles. The topological polar surface area (TPSA) is 58.3 Å². The normalized spacial score (nSPS) is 11.5. The second-order valence-electron chi connectivity index (χ2n) is 7.70. The molecule has 0 bridgehead atoms. The summed E-state index contributed by atoms with van der Waals surface area (Å²) in [5.74, 6) is 0.848. The molecule has 1 N–H and O–H groups in total. The van der Waals surface area contributed by atoms with E-state index in [-0.39, 0.29) is 0 Å². The van der Waals surface area contributed by atoms with Crippen LogP contribution in [0.2, 0.25) is 0 Å². The lowest BCUT2D eigenvalue weighted by Gasteiger charge is -2.22. The van der Waals surface area contributed by atoms with E-state index in [1.165, 1.54) is 22.3 Å². The molecule has 0 aliphatic rings. The van der Waals surface area contributed by atoms with Gasteiger partial charge in [0.1, 0.15) is 0 Å². The molecule has 0 amide bonds. The Balaban J connectivity index is 1.43. The number of aryl methyl sites for hydroxylation is 1. The minimum absolute atomic E-state index is 0.695. The zero-order valence-corrected chi connectivity index (χ0v) is 19.5. The molecule has 0 aliphatic heterocycles. The average Bonchev–Trinajstić information content (AvgIpc) is 3.46. The molecule has 0 spiro atoms. The van der Waals surface area contributed by atoms with Crippen LogP contribution in [0.1, 0.15) is 21.8 Å². The van der Waals surface area contributed by atoms with Gasteiger partial charge in [-0.25, -0.2) is 9.97 Å². The fourth-order valence-electron chi connectivity index (χ4n) is 3.69. The summed E-state index contributed by atoms with van der Waals surface area (Å²) < 4.78 is 2.07. The van der Waals surface area contributed by atoms with Crippen LogP contribution in [-0.4, -0.2) is 39.5 Å². The van der Waals surface area contributed by atoms with E-state index in [2.05, 4.69) is 83.7 Å². The van der Waals surface area contributed by atoms with Gasteiger partial charge in [-0.3, -0.25) is 4.99 Å². The zero-order chi connectivity index (χ0) is 22.3. The number of aromatic nitrogens is 3. The molecule has 0 aliphatic carbocycles. The Hall–Kier alpha value is -3.45. The molecular weight excluding hydrogens is 416 g/mol. The SMILES string of the molecule is CN=C(NCc1ccccc1-c1ccc(Cn2ccnc2)cc1)N(C)Cc1csc(C)n1. The summed E-state index contributed by atoms with van der Waals surface area (Å²) in [6.07, 6.45) is 5.63. The highest BCUT2D eigenvalue weighted by Crippen LogP contribution is 2.24. The molecule has 164 valence electrons. The van der Waals surface area contributed by atoms with Crippen LogP contribution in [0.4, 0.5) is 0 Å². The molecule has 2 aromatic carbocycles. The average molecular weight is 445 g/mol. The van der Waals surface area contributed by atoms with E-state index >= 15 is 0 Å². The van der Waals surface area contributed by atoms with Crippen molar-refractivity contribution in [3.63, 3.8) is 0 Å². The first kappa shape index (κ1) is 21.8. The van der Waals surface area contributed by atoms with Crippen molar-refractivity contribution >= 4 is 17.3 Å². The Kier molecular flexibility index (Phi) is 6.97. The lowest BCUT2D eigenvalue weighted by Crippen LogP contribution is -2.38. The van der Waals surface area contributed by atoms with Crippen LogP contribution in [-0.2, 0) is 19.6 Å². The third kappa shape index (κ3) is 5.42. The maximum absolute atomic E-state index is 4.56. The van der Waals surface area contributed by atoms with Crippen LogP contribution in [0.25, 0.3) is 11.1 Å². The third-order valence-electron chi connectivity index (χ3n) is 5.28. The van der Waals surface area contributed by atoms with Gasteiger partial charge in [-0.1, -0.05) is 48.5 Å². The maximum atomic E-state index is 4.56. The second kappa shape index (κ2) is 10.2. The summed E-state index contributed by atoms with van der Waals surface area (Å²) in [6.45, 7) is 4.27. The Labute approximate surface area is 193 Å². The van der Waals surface area contributed by atoms with Gasteiger partial charge in [0.05, 0.1) is 23.6 Å². The van der Waals surface area contributed by atoms with Crippen molar-refractivity contribution in [2.24, 2.45) is 4.99 Å². The molecule has 0 saturated heterocycles. The van der Waals surface area contributed by atoms with Crippen LogP contribution in [0, 0.1) is 6.92 Å². The van der Waals surface area contributed by atoms with E-state index in [1.807, 2.05) is 33.5 Å².